The molecule has 0 radical (unpaired) electrons. The first-order valence-electron chi connectivity index (χ1n) is 8.38. The van der Waals surface area contributed by atoms with Crippen LogP contribution < -0.4 is 16.0 Å². The molecule has 3 aliphatic rings. The van der Waals surface area contributed by atoms with Gasteiger partial charge in [0.25, 0.3) is 0 Å². The zero-order valence-corrected chi connectivity index (χ0v) is 14.6. The summed E-state index contributed by atoms with van der Waals surface area (Å²) in [6.45, 7) is 1.95. The maximum absolute atomic E-state index is 14.2. The number of aromatic nitrogens is 2. The van der Waals surface area contributed by atoms with Gasteiger partial charge in [0.1, 0.15) is 6.17 Å². The predicted molar refractivity (Wildman–Crippen MR) is 96.2 cm³/mol. The van der Waals surface area contributed by atoms with E-state index in [1.165, 1.54) is 6.20 Å². The van der Waals surface area contributed by atoms with Crippen molar-refractivity contribution in [3.8, 4) is 0 Å². The lowest BCUT2D eigenvalue weighted by Gasteiger charge is -2.30. The van der Waals surface area contributed by atoms with Gasteiger partial charge in [0.2, 0.25) is 0 Å². The van der Waals surface area contributed by atoms with Crippen LogP contribution in [0.4, 0.5) is 10.2 Å². The minimum absolute atomic E-state index is 0.0606. The van der Waals surface area contributed by atoms with Gasteiger partial charge in [0.05, 0.1) is 11.2 Å². The van der Waals surface area contributed by atoms with Crippen LogP contribution in [0.25, 0.3) is 5.57 Å². The standard InChI is InChI=1S/C17H20ClFN6/c1-25-4-2-3-11(9-25)23-17-14(19)8-22-16(24-17)13-7-21-15-12(13)5-10(18)6-20-15/h5-8,11,15,20-21H,2-4,9H2,1H3,(H,22,23,24)/t11-,15?/m0/s1. The third-order valence-corrected chi connectivity index (χ3v) is 4.87. The summed E-state index contributed by atoms with van der Waals surface area (Å²) in [4.78, 5) is 10.8. The van der Waals surface area contributed by atoms with Gasteiger partial charge < -0.3 is 20.9 Å². The summed E-state index contributed by atoms with van der Waals surface area (Å²) < 4.78 is 14.2. The molecule has 2 atom stereocenters. The Labute approximate surface area is 150 Å². The molecule has 6 nitrogen and oxygen atoms in total. The number of fused-ring (bicyclic) bond motifs is 1. The number of hydrogen-bond acceptors (Lipinski definition) is 6. The molecule has 0 aliphatic carbocycles. The molecule has 0 aromatic carbocycles. The molecular formula is C17H20ClFN6. The summed E-state index contributed by atoms with van der Waals surface area (Å²) in [5, 5.41) is 10.2. The van der Waals surface area contributed by atoms with Crippen molar-refractivity contribution in [3.63, 3.8) is 0 Å². The van der Waals surface area contributed by atoms with Crippen LogP contribution in [0.5, 0.6) is 0 Å². The maximum Gasteiger partial charge on any atom is 0.183 e. The van der Waals surface area contributed by atoms with Crippen LogP contribution in [0.1, 0.15) is 18.7 Å². The molecule has 3 N–H and O–H groups in total. The molecule has 4 rings (SSSR count). The topological polar surface area (TPSA) is 65.1 Å². The molecule has 25 heavy (non-hydrogen) atoms. The van der Waals surface area contributed by atoms with Crippen LogP contribution in [0.15, 0.2) is 35.3 Å². The van der Waals surface area contributed by atoms with Crippen LogP contribution in [-0.2, 0) is 0 Å². The van der Waals surface area contributed by atoms with Gasteiger partial charge >= 0.3 is 0 Å². The Balaban J connectivity index is 1.58. The molecule has 3 aliphatic heterocycles. The number of likely N-dealkylation sites (tertiary alicyclic amines) is 1. The van der Waals surface area contributed by atoms with E-state index in [4.69, 9.17) is 11.6 Å². The van der Waals surface area contributed by atoms with Crippen molar-refractivity contribution < 1.29 is 4.39 Å². The number of halogens is 2. The molecule has 0 amide bonds. The van der Waals surface area contributed by atoms with Gasteiger partial charge in [-0.3, -0.25) is 0 Å². The summed E-state index contributed by atoms with van der Waals surface area (Å²) in [5.41, 5.74) is 1.76. The molecule has 1 aromatic rings. The number of anilines is 1. The van der Waals surface area contributed by atoms with Crippen LogP contribution in [0.3, 0.4) is 0 Å². The lowest BCUT2D eigenvalue weighted by atomic mass is 10.0. The van der Waals surface area contributed by atoms with Crippen molar-refractivity contribution in [1.82, 2.24) is 25.5 Å². The van der Waals surface area contributed by atoms with Crippen LogP contribution >= 0.6 is 11.6 Å². The number of allylic oxidation sites excluding steroid dienone is 2. The fraction of sp³-hybridized carbons (Fsp3) is 0.412. The molecule has 8 heteroatoms. The Morgan fingerprint density at radius 1 is 1.36 bits per heavy atom. The van der Waals surface area contributed by atoms with Crippen molar-refractivity contribution >= 4 is 23.0 Å². The molecule has 4 heterocycles. The Morgan fingerprint density at radius 3 is 3.04 bits per heavy atom. The van der Waals surface area contributed by atoms with Gasteiger partial charge in [-0.15, -0.1) is 0 Å². The van der Waals surface area contributed by atoms with Gasteiger partial charge in [0.15, 0.2) is 17.5 Å². The minimum Gasteiger partial charge on any atom is -0.367 e. The average molecular weight is 363 g/mol. The van der Waals surface area contributed by atoms with Crippen molar-refractivity contribution in [2.45, 2.75) is 25.0 Å². The Hall–Kier alpha value is -2.12. The Kier molecular flexibility index (Phi) is 4.35. The van der Waals surface area contributed by atoms with Crippen LogP contribution in [0, 0.1) is 5.82 Å². The van der Waals surface area contributed by atoms with E-state index >= 15 is 0 Å². The van der Waals surface area contributed by atoms with Crippen molar-refractivity contribution in [1.29, 1.82) is 0 Å². The first kappa shape index (κ1) is 16.4. The second kappa shape index (κ2) is 6.65. The molecule has 132 valence electrons. The predicted octanol–water partition coefficient (Wildman–Crippen LogP) is 2.00. The fourth-order valence-corrected chi connectivity index (χ4v) is 3.60. The van der Waals surface area contributed by atoms with Gasteiger partial charge in [-0.05, 0) is 32.5 Å². The second-order valence-corrected chi connectivity index (χ2v) is 7.03. The monoisotopic (exact) mass is 362 g/mol. The average Bonchev–Trinajstić information content (AvgIpc) is 3.00. The molecule has 1 saturated heterocycles. The number of dihydropyridines is 1. The molecule has 0 spiro atoms. The quantitative estimate of drug-likeness (QED) is 0.764. The van der Waals surface area contributed by atoms with E-state index < -0.39 is 5.82 Å². The van der Waals surface area contributed by atoms with E-state index in [1.54, 1.807) is 6.20 Å². The first-order chi connectivity index (χ1) is 12.1. The maximum atomic E-state index is 14.2. The first-order valence-corrected chi connectivity index (χ1v) is 8.76. The SMILES string of the molecule is CN1CCC[C@H](Nc2nc(C3=CNC4NC=C(Cl)C=C34)ncc2F)C1. The molecule has 1 unspecified atom stereocenters. The molecule has 1 aromatic heterocycles. The lowest BCUT2D eigenvalue weighted by Crippen LogP contribution is -2.40. The highest BCUT2D eigenvalue weighted by Crippen LogP contribution is 2.31. The molecule has 0 bridgehead atoms. The van der Waals surface area contributed by atoms with Crippen LogP contribution in [0.2, 0.25) is 0 Å². The summed E-state index contributed by atoms with van der Waals surface area (Å²) in [6.07, 6.45) is 8.69. The van der Waals surface area contributed by atoms with E-state index in [0.29, 0.717) is 10.9 Å². The summed E-state index contributed by atoms with van der Waals surface area (Å²) in [5.74, 6) is 0.289. The Morgan fingerprint density at radius 2 is 2.20 bits per heavy atom. The van der Waals surface area contributed by atoms with Crippen molar-refractivity contribution in [2.75, 3.05) is 25.5 Å². The fourth-order valence-electron chi connectivity index (χ4n) is 3.42. The summed E-state index contributed by atoms with van der Waals surface area (Å²) in [7, 11) is 2.07. The van der Waals surface area contributed by atoms with E-state index in [9.17, 15) is 4.39 Å². The van der Waals surface area contributed by atoms with Crippen LogP contribution in [-0.4, -0.2) is 47.2 Å². The van der Waals surface area contributed by atoms with Crippen molar-refractivity contribution in [2.24, 2.45) is 0 Å². The lowest BCUT2D eigenvalue weighted by molar-refractivity contribution is 0.260. The number of hydrogen-bond donors (Lipinski definition) is 3. The third-order valence-electron chi connectivity index (χ3n) is 4.65. The van der Waals surface area contributed by atoms with Gasteiger partial charge in [-0.2, -0.15) is 0 Å². The third kappa shape index (κ3) is 3.34. The largest absolute Gasteiger partial charge is 0.367 e. The Bertz CT molecular complexity index is 774. The van der Waals surface area contributed by atoms with Crippen molar-refractivity contribution in [3.05, 3.63) is 46.9 Å². The number of piperidine rings is 1. The van der Waals surface area contributed by atoms with Gasteiger partial charge in [-0.1, -0.05) is 11.6 Å². The molecule has 0 saturated carbocycles. The van der Waals surface area contributed by atoms with E-state index in [-0.39, 0.29) is 18.0 Å². The number of nitrogens with zero attached hydrogens (tertiary/aromatic N) is 3. The van der Waals surface area contributed by atoms with E-state index in [0.717, 1.165) is 37.1 Å². The smallest absolute Gasteiger partial charge is 0.183 e. The second-order valence-electron chi connectivity index (χ2n) is 6.59. The normalized spacial score (nSPS) is 26.0. The van der Waals surface area contributed by atoms with Gasteiger partial charge in [0, 0.05) is 36.1 Å². The van der Waals surface area contributed by atoms with E-state index in [2.05, 4.69) is 37.9 Å². The number of likely N-dealkylation sites (N-methyl/N-ethyl adjacent to an activating group) is 1. The summed E-state index contributed by atoms with van der Waals surface area (Å²) in [6, 6.07) is 0.187. The molecular weight excluding hydrogens is 343 g/mol. The molecule has 1 fully saturated rings. The minimum atomic E-state index is -0.436. The number of rotatable bonds is 3. The van der Waals surface area contributed by atoms with E-state index in [1.807, 2.05) is 12.3 Å². The highest BCUT2D eigenvalue weighted by atomic mass is 35.5. The highest BCUT2D eigenvalue weighted by Gasteiger charge is 2.28. The zero-order chi connectivity index (χ0) is 17.4. The summed E-state index contributed by atoms with van der Waals surface area (Å²) >= 11 is 6.08. The number of nitrogens with one attached hydrogen (secondary N) is 3. The van der Waals surface area contributed by atoms with Gasteiger partial charge in [-0.25, -0.2) is 14.4 Å². The highest BCUT2D eigenvalue weighted by molar-refractivity contribution is 6.31. The zero-order valence-electron chi connectivity index (χ0n) is 13.9.